The predicted molar refractivity (Wildman–Crippen MR) is 104 cm³/mol. The van der Waals surface area contributed by atoms with E-state index in [1.54, 1.807) is 24.3 Å². The first-order chi connectivity index (χ1) is 12.3. The molecule has 0 heterocycles. The number of halogens is 1. The zero-order valence-corrected chi connectivity index (χ0v) is 16.2. The molecular weight excluding hydrogens is 374 g/mol. The molecule has 0 aliphatic carbocycles. The number of benzene rings is 2. The summed E-state index contributed by atoms with van der Waals surface area (Å²) in [5.41, 5.74) is 0.634. The van der Waals surface area contributed by atoms with Crippen LogP contribution in [0.4, 0.5) is 5.69 Å². The molecule has 0 saturated carbocycles. The summed E-state index contributed by atoms with van der Waals surface area (Å²) in [4.78, 5) is 12.3. The molecule has 26 heavy (non-hydrogen) atoms. The van der Waals surface area contributed by atoms with Crippen LogP contribution in [0.15, 0.2) is 53.4 Å². The van der Waals surface area contributed by atoms with Gasteiger partial charge in [-0.25, -0.2) is 8.42 Å². The number of likely N-dealkylation sites (N-methyl/N-ethyl adjacent to an activating group) is 1. The molecule has 2 rings (SSSR count). The average Bonchev–Trinajstić information content (AvgIpc) is 2.60. The predicted octanol–water partition coefficient (Wildman–Crippen LogP) is 2.87. The number of hydrogen-bond donors (Lipinski definition) is 3. The van der Waals surface area contributed by atoms with E-state index >= 15 is 0 Å². The van der Waals surface area contributed by atoms with Gasteiger partial charge >= 0.3 is 0 Å². The zero-order chi connectivity index (χ0) is 19.2. The van der Waals surface area contributed by atoms with E-state index in [-0.39, 0.29) is 22.4 Å². The molecule has 0 unspecified atom stereocenters. The highest BCUT2D eigenvalue weighted by Gasteiger charge is 2.17. The van der Waals surface area contributed by atoms with E-state index in [4.69, 9.17) is 11.6 Å². The Labute approximate surface area is 159 Å². The molecule has 2 aromatic rings. The van der Waals surface area contributed by atoms with Crippen LogP contribution < -0.4 is 15.4 Å². The quantitative estimate of drug-likeness (QED) is 0.641. The lowest BCUT2D eigenvalue weighted by atomic mass is 10.2. The molecule has 0 aliphatic heterocycles. The fraction of sp³-hybridized carbons (Fsp3) is 0.278. The topological polar surface area (TPSA) is 87.3 Å². The Hall–Kier alpha value is -2.09. The van der Waals surface area contributed by atoms with E-state index in [9.17, 15) is 13.2 Å². The summed E-state index contributed by atoms with van der Waals surface area (Å²) in [6, 6.07) is 12.4. The number of rotatable bonds is 8. The van der Waals surface area contributed by atoms with E-state index in [2.05, 4.69) is 15.4 Å². The number of carbonyl (C=O) groups is 1. The molecule has 6 nitrogen and oxygen atoms in total. The second-order valence-electron chi connectivity index (χ2n) is 5.81. The summed E-state index contributed by atoms with van der Waals surface area (Å²) in [5, 5.41) is 6.40. The molecule has 140 valence electrons. The normalized spacial score (nSPS) is 12.4. The highest BCUT2D eigenvalue weighted by Crippen LogP contribution is 2.20. The molecule has 2 aromatic carbocycles. The van der Waals surface area contributed by atoms with Crippen molar-refractivity contribution in [2.75, 3.05) is 17.8 Å². The van der Waals surface area contributed by atoms with Gasteiger partial charge in [-0.2, -0.15) is 0 Å². The van der Waals surface area contributed by atoms with E-state index in [0.717, 1.165) is 6.54 Å². The van der Waals surface area contributed by atoms with E-state index in [1.165, 1.54) is 24.3 Å². The minimum atomic E-state index is -3.83. The minimum absolute atomic E-state index is 0.00450. The molecule has 0 radical (unpaired) electrons. The summed E-state index contributed by atoms with van der Waals surface area (Å²) in [7, 11) is -3.83. The van der Waals surface area contributed by atoms with E-state index < -0.39 is 10.0 Å². The first kappa shape index (κ1) is 20.2. The molecule has 0 bridgehead atoms. The van der Waals surface area contributed by atoms with E-state index in [1.807, 2.05) is 13.8 Å². The largest absolute Gasteiger partial charge is 0.350 e. The third kappa shape index (κ3) is 5.72. The van der Waals surface area contributed by atoms with Crippen LogP contribution in [-0.2, 0) is 10.0 Å². The number of sulfonamides is 1. The molecule has 3 N–H and O–H groups in total. The smallest absolute Gasteiger partial charge is 0.261 e. The Bertz CT molecular complexity index is 871. The monoisotopic (exact) mass is 395 g/mol. The molecule has 0 fully saturated rings. The first-order valence-electron chi connectivity index (χ1n) is 8.22. The van der Waals surface area contributed by atoms with Crippen molar-refractivity contribution in [2.24, 2.45) is 0 Å². The van der Waals surface area contributed by atoms with Crippen molar-refractivity contribution in [1.82, 2.24) is 10.6 Å². The number of hydrogen-bond acceptors (Lipinski definition) is 4. The standard InChI is InChI=1S/C18H22ClN3O3S/c1-3-20-13(2)12-21-18(23)14-6-4-9-17(10-14)26(24,25)22-16-8-5-7-15(19)11-16/h4-11,13,20,22H,3,12H2,1-2H3,(H,21,23)/t13-/m1/s1. The minimum Gasteiger partial charge on any atom is -0.350 e. The summed E-state index contributed by atoms with van der Waals surface area (Å²) >= 11 is 5.88. The Kier molecular flexibility index (Phi) is 7.02. The number of carbonyl (C=O) groups excluding carboxylic acids is 1. The van der Waals surface area contributed by atoms with Crippen LogP contribution in [0.1, 0.15) is 24.2 Å². The summed E-state index contributed by atoms with van der Waals surface area (Å²) in [6.45, 7) is 5.20. The highest BCUT2D eigenvalue weighted by molar-refractivity contribution is 7.92. The van der Waals surface area contributed by atoms with Crippen LogP contribution >= 0.6 is 11.6 Å². The SMILES string of the molecule is CCN[C@H](C)CNC(=O)c1cccc(S(=O)(=O)Nc2cccc(Cl)c2)c1. The van der Waals surface area contributed by atoms with Gasteiger partial charge in [0.2, 0.25) is 0 Å². The van der Waals surface area contributed by atoms with Crippen LogP contribution in [0.2, 0.25) is 5.02 Å². The van der Waals surface area contributed by atoms with Crippen molar-refractivity contribution in [3.63, 3.8) is 0 Å². The van der Waals surface area contributed by atoms with Gasteiger partial charge in [-0.3, -0.25) is 9.52 Å². The lowest BCUT2D eigenvalue weighted by Gasteiger charge is -2.14. The molecule has 0 aromatic heterocycles. The Morgan fingerprint density at radius 1 is 1.15 bits per heavy atom. The van der Waals surface area contributed by atoms with Gasteiger partial charge in [0.05, 0.1) is 10.6 Å². The molecule has 0 spiro atoms. The summed E-state index contributed by atoms with van der Waals surface area (Å²) < 4.78 is 27.5. The lowest BCUT2D eigenvalue weighted by molar-refractivity contribution is 0.0950. The van der Waals surface area contributed by atoms with Crippen molar-refractivity contribution in [2.45, 2.75) is 24.8 Å². The zero-order valence-electron chi connectivity index (χ0n) is 14.6. The Balaban J connectivity index is 2.13. The lowest BCUT2D eigenvalue weighted by Crippen LogP contribution is -2.38. The fourth-order valence-corrected chi connectivity index (χ4v) is 3.62. The van der Waals surface area contributed by atoms with Crippen molar-refractivity contribution in [1.29, 1.82) is 0 Å². The summed E-state index contributed by atoms with van der Waals surface area (Å²) in [6.07, 6.45) is 0. The van der Waals surface area contributed by atoms with Gasteiger partial charge in [0.1, 0.15) is 0 Å². The molecule has 0 saturated heterocycles. The van der Waals surface area contributed by atoms with E-state index in [0.29, 0.717) is 17.3 Å². The van der Waals surface area contributed by atoms with Crippen LogP contribution in [0.25, 0.3) is 0 Å². The maximum atomic E-state index is 12.5. The van der Waals surface area contributed by atoms with Gasteiger partial charge in [0, 0.05) is 23.2 Å². The number of amides is 1. The third-order valence-corrected chi connectivity index (χ3v) is 5.22. The molecule has 0 aliphatic rings. The van der Waals surface area contributed by atoms with Crippen LogP contribution in [-0.4, -0.2) is 33.5 Å². The van der Waals surface area contributed by atoms with Crippen molar-refractivity contribution in [3.05, 3.63) is 59.1 Å². The highest BCUT2D eigenvalue weighted by atomic mass is 35.5. The van der Waals surface area contributed by atoms with Gasteiger partial charge in [-0.05, 0) is 49.9 Å². The maximum Gasteiger partial charge on any atom is 0.261 e. The molecular formula is C18H22ClN3O3S. The van der Waals surface area contributed by atoms with Gasteiger partial charge in [0.25, 0.3) is 15.9 Å². The van der Waals surface area contributed by atoms with Crippen molar-refractivity contribution in [3.8, 4) is 0 Å². The van der Waals surface area contributed by atoms with Gasteiger partial charge in [-0.15, -0.1) is 0 Å². The third-order valence-electron chi connectivity index (χ3n) is 3.60. The molecule has 1 atom stereocenters. The second kappa shape index (κ2) is 9.02. The number of anilines is 1. The van der Waals surface area contributed by atoms with Crippen LogP contribution in [0.5, 0.6) is 0 Å². The Morgan fingerprint density at radius 2 is 1.88 bits per heavy atom. The number of nitrogens with one attached hydrogen (secondary N) is 3. The summed E-state index contributed by atoms with van der Waals surface area (Å²) in [5.74, 6) is -0.324. The first-order valence-corrected chi connectivity index (χ1v) is 10.1. The van der Waals surface area contributed by atoms with Crippen molar-refractivity contribution >= 4 is 33.2 Å². The van der Waals surface area contributed by atoms with Gasteiger partial charge < -0.3 is 10.6 Å². The van der Waals surface area contributed by atoms with Crippen LogP contribution in [0.3, 0.4) is 0 Å². The van der Waals surface area contributed by atoms with Gasteiger partial charge in [0.15, 0.2) is 0 Å². The molecule has 1 amide bonds. The van der Waals surface area contributed by atoms with Crippen LogP contribution in [0, 0.1) is 0 Å². The fourth-order valence-electron chi connectivity index (χ4n) is 2.34. The Morgan fingerprint density at radius 3 is 2.58 bits per heavy atom. The van der Waals surface area contributed by atoms with Crippen molar-refractivity contribution < 1.29 is 13.2 Å². The van der Waals surface area contributed by atoms with Gasteiger partial charge in [-0.1, -0.05) is 30.7 Å². The average molecular weight is 396 g/mol. The maximum absolute atomic E-state index is 12.5. The molecule has 8 heteroatoms. The second-order valence-corrected chi connectivity index (χ2v) is 7.93.